The van der Waals surface area contributed by atoms with Crippen LogP contribution in [0.15, 0.2) is 42.5 Å². The maximum Gasteiger partial charge on any atom is 0.236 e. The smallest absolute Gasteiger partial charge is 0.236 e. The monoisotopic (exact) mass is 550 g/mol. The lowest BCUT2D eigenvalue weighted by Crippen LogP contribution is -2.47. The molecule has 0 saturated carbocycles. The van der Waals surface area contributed by atoms with Gasteiger partial charge in [0, 0.05) is 56.9 Å². The fourth-order valence-corrected chi connectivity index (χ4v) is 6.03. The summed E-state index contributed by atoms with van der Waals surface area (Å²) in [6, 6.07) is 13.4. The number of ether oxygens (including phenoxy) is 2. The van der Waals surface area contributed by atoms with Crippen molar-refractivity contribution in [3.8, 4) is 11.5 Å². The first kappa shape index (κ1) is 28.2. The van der Waals surface area contributed by atoms with Crippen molar-refractivity contribution in [2.45, 2.75) is 38.6 Å². The van der Waals surface area contributed by atoms with Crippen LogP contribution in [0.3, 0.4) is 0 Å². The second kappa shape index (κ2) is 13.9. The quantitative estimate of drug-likeness (QED) is 0.508. The van der Waals surface area contributed by atoms with Crippen molar-refractivity contribution in [1.29, 1.82) is 0 Å². The molecule has 2 fully saturated rings. The number of piperidine rings is 1. The first-order valence-corrected chi connectivity index (χ1v) is 14.7. The number of rotatable bonds is 6. The maximum absolute atomic E-state index is 13.1. The van der Waals surface area contributed by atoms with Crippen molar-refractivity contribution >= 4 is 17.5 Å². The van der Waals surface area contributed by atoms with Crippen LogP contribution in [0.2, 0.25) is 0 Å². The average Bonchev–Trinajstić information content (AvgIpc) is 2.98. The van der Waals surface area contributed by atoms with E-state index in [2.05, 4.69) is 33.7 Å². The minimum absolute atomic E-state index is 0.0642. The number of nitrogens with zero attached hydrogens (tertiary/aromatic N) is 2. The van der Waals surface area contributed by atoms with Gasteiger partial charge in [0.05, 0.1) is 26.4 Å². The average molecular weight is 551 g/mol. The normalized spacial score (nSPS) is 22.2. The third-order valence-electron chi connectivity index (χ3n) is 8.35. The molecular weight excluding hydrogens is 508 g/mol. The molecule has 0 aromatic heterocycles. The number of morpholine rings is 1. The Kier molecular flexibility index (Phi) is 9.78. The Morgan fingerprint density at radius 3 is 2.65 bits per heavy atom. The molecule has 3 aliphatic heterocycles. The number of aromatic hydroxyl groups is 1. The second-order valence-corrected chi connectivity index (χ2v) is 11.1. The summed E-state index contributed by atoms with van der Waals surface area (Å²) in [4.78, 5) is 30.2. The molecule has 3 N–H and O–H groups in total. The van der Waals surface area contributed by atoms with Crippen molar-refractivity contribution in [2.75, 3.05) is 64.0 Å². The number of nitrogens with one attached hydrogen (secondary N) is 2. The topological polar surface area (TPSA) is 103 Å². The molecule has 9 heteroatoms. The van der Waals surface area contributed by atoms with Crippen molar-refractivity contribution in [1.82, 2.24) is 15.5 Å². The number of benzene rings is 2. The third kappa shape index (κ3) is 7.67. The van der Waals surface area contributed by atoms with Crippen molar-refractivity contribution in [3.63, 3.8) is 0 Å². The third-order valence-corrected chi connectivity index (χ3v) is 8.35. The Labute approximate surface area is 236 Å². The Morgan fingerprint density at radius 2 is 1.82 bits per heavy atom. The van der Waals surface area contributed by atoms with E-state index < -0.39 is 0 Å². The van der Waals surface area contributed by atoms with Crippen LogP contribution in [0, 0.1) is 11.8 Å². The highest BCUT2D eigenvalue weighted by Crippen LogP contribution is 2.31. The molecule has 2 aromatic carbocycles. The van der Waals surface area contributed by atoms with E-state index in [4.69, 9.17) is 9.47 Å². The van der Waals surface area contributed by atoms with Crippen LogP contribution in [-0.4, -0.2) is 80.9 Å². The molecule has 216 valence electrons. The Morgan fingerprint density at radius 1 is 1.00 bits per heavy atom. The molecule has 0 aliphatic carbocycles. The number of anilines is 1. The molecule has 2 amide bonds. The van der Waals surface area contributed by atoms with Crippen molar-refractivity contribution in [2.24, 2.45) is 11.8 Å². The standard InChI is InChI=1S/C31H42N4O5/c36-28-6-3-23(4-7-28)9-11-33-30(37)19-24-10-12-35-22-25(24)2-1-15-40-29-8-5-27(34-13-16-39-17-14-34)18-26(29)20-32-21-31(35)38/h3-8,18,24-25,32,36H,1-2,9-17,19-22H2,(H,33,37)/t24-,25-/m0/s1. The molecule has 3 heterocycles. The highest BCUT2D eigenvalue weighted by molar-refractivity contribution is 5.79. The molecule has 5 rings (SSSR count). The van der Waals surface area contributed by atoms with Gasteiger partial charge in [-0.15, -0.1) is 0 Å². The van der Waals surface area contributed by atoms with Gasteiger partial charge in [0.1, 0.15) is 11.5 Å². The summed E-state index contributed by atoms with van der Waals surface area (Å²) in [6.07, 6.45) is 3.84. The number of hydrogen-bond acceptors (Lipinski definition) is 7. The number of phenolic OH excluding ortho intramolecular Hbond substituents is 1. The molecule has 40 heavy (non-hydrogen) atoms. The van der Waals surface area contributed by atoms with Gasteiger partial charge in [-0.05, 0) is 73.4 Å². The summed E-state index contributed by atoms with van der Waals surface area (Å²) in [5.74, 6) is 1.81. The molecular formula is C31H42N4O5. The lowest BCUT2D eigenvalue weighted by atomic mass is 9.80. The summed E-state index contributed by atoms with van der Waals surface area (Å²) in [6.45, 7) is 6.65. The summed E-state index contributed by atoms with van der Waals surface area (Å²) in [5.41, 5.74) is 3.30. The van der Waals surface area contributed by atoms with Gasteiger partial charge in [-0.3, -0.25) is 9.59 Å². The molecule has 9 nitrogen and oxygen atoms in total. The fourth-order valence-electron chi connectivity index (χ4n) is 6.03. The van der Waals surface area contributed by atoms with E-state index in [0.717, 1.165) is 74.6 Å². The zero-order chi connectivity index (χ0) is 27.7. The predicted octanol–water partition coefficient (Wildman–Crippen LogP) is 2.70. The van der Waals surface area contributed by atoms with Gasteiger partial charge in [-0.25, -0.2) is 0 Å². The van der Waals surface area contributed by atoms with Crippen molar-refractivity contribution < 1.29 is 24.2 Å². The largest absolute Gasteiger partial charge is 0.508 e. The Balaban J connectivity index is 1.17. The van der Waals surface area contributed by atoms with E-state index >= 15 is 0 Å². The number of hydrogen-bond donors (Lipinski definition) is 3. The van der Waals surface area contributed by atoms with Gasteiger partial charge >= 0.3 is 0 Å². The second-order valence-electron chi connectivity index (χ2n) is 11.1. The lowest BCUT2D eigenvalue weighted by molar-refractivity contribution is -0.133. The minimum atomic E-state index is 0.0642. The number of carbonyl (C=O) groups is 2. The van der Waals surface area contributed by atoms with E-state index in [-0.39, 0.29) is 35.9 Å². The fraction of sp³-hybridized carbons (Fsp3) is 0.548. The molecule has 3 aliphatic rings. The molecule has 2 bridgehead atoms. The van der Waals surface area contributed by atoms with Crippen LogP contribution in [-0.2, 0) is 27.3 Å². The van der Waals surface area contributed by atoms with Crippen molar-refractivity contribution in [3.05, 3.63) is 53.6 Å². The van der Waals surface area contributed by atoms with E-state index in [9.17, 15) is 14.7 Å². The number of fused-ring (bicyclic) bond motifs is 3. The summed E-state index contributed by atoms with van der Waals surface area (Å²) >= 11 is 0. The van der Waals surface area contributed by atoms with E-state index in [1.54, 1.807) is 12.1 Å². The summed E-state index contributed by atoms with van der Waals surface area (Å²) in [7, 11) is 0. The zero-order valence-corrected chi connectivity index (χ0v) is 23.3. The van der Waals surface area contributed by atoms with Gasteiger partial charge in [-0.1, -0.05) is 12.1 Å². The van der Waals surface area contributed by atoms with Crippen LogP contribution in [0.5, 0.6) is 11.5 Å². The first-order chi connectivity index (χ1) is 19.5. The minimum Gasteiger partial charge on any atom is -0.508 e. The Bertz CT molecular complexity index is 1140. The number of phenols is 1. The molecule has 2 aromatic rings. The molecule has 0 unspecified atom stereocenters. The van der Waals surface area contributed by atoms with E-state index in [1.165, 1.54) is 0 Å². The van der Waals surface area contributed by atoms with Gasteiger partial charge in [-0.2, -0.15) is 0 Å². The van der Waals surface area contributed by atoms with Gasteiger partial charge in [0.2, 0.25) is 11.8 Å². The number of carbonyl (C=O) groups excluding carboxylic acids is 2. The van der Waals surface area contributed by atoms with Crippen LogP contribution >= 0.6 is 0 Å². The van der Waals surface area contributed by atoms with E-state index in [0.29, 0.717) is 39.2 Å². The number of amides is 2. The van der Waals surface area contributed by atoms with Crippen LogP contribution in [0.1, 0.15) is 36.8 Å². The van der Waals surface area contributed by atoms with Crippen LogP contribution < -0.4 is 20.3 Å². The molecule has 0 radical (unpaired) electrons. The predicted molar refractivity (Wildman–Crippen MR) is 154 cm³/mol. The summed E-state index contributed by atoms with van der Waals surface area (Å²) in [5, 5.41) is 15.9. The molecule has 0 spiro atoms. The first-order valence-electron chi connectivity index (χ1n) is 14.7. The van der Waals surface area contributed by atoms with Gasteiger partial charge in [0.25, 0.3) is 0 Å². The Hall–Kier alpha value is -3.30. The van der Waals surface area contributed by atoms with Gasteiger partial charge < -0.3 is 35.0 Å². The SMILES string of the molecule is O=C(C[C@@H]1CCN2C[C@@H]1CCCOc1ccc(N3CCOCC3)cc1CNCC2=O)NCCc1ccc(O)cc1. The zero-order valence-electron chi connectivity index (χ0n) is 23.3. The highest BCUT2D eigenvalue weighted by atomic mass is 16.5. The summed E-state index contributed by atoms with van der Waals surface area (Å²) < 4.78 is 11.8. The van der Waals surface area contributed by atoms with Gasteiger partial charge in [0.15, 0.2) is 0 Å². The maximum atomic E-state index is 13.1. The highest BCUT2D eigenvalue weighted by Gasteiger charge is 2.32. The van der Waals surface area contributed by atoms with Crippen LogP contribution in [0.25, 0.3) is 0 Å². The van der Waals surface area contributed by atoms with Crippen LogP contribution in [0.4, 0.5) is 5.69 Å². The molecule has 2 atom stereocenters. The molecule has 2 saturated heterocycles. The lowest BCUT2D eigenvalue weighted by Gasteiger charge is -2.38. The van der Waals surface area contributed by atoms with E-state index in [1.807, 2.05) is 17.0 Å².